The average Bonchev–Trinajstić information content (AvgIpc) is 2.10. The molecule has 0 aromatic rings. The van der Waals surface area contributed by atoms with E-state index < -0.39 is 0 Å². The Morgan fingerprint density at radius 3 is 2.69 bits per heavy atom. The van der Waals surface area contributed by atoms with Crippen LogP contribution < -0.4 is 0 Å². The van der Waals surface area contributed by atoms with Crippen molar-refractivity contribution in [3.63, 3.8) is 0 Å². The van der Waals surface area contributed by atoms with Gasteiger partial charge < -0.3 is 5.11 Å². The number of rotatable bonds is 7. The highest BCUT2D eigenvalue weighted by molar-refractivity contribution is 4.96. The molecule has 0 aromatic heterocycles. The van der Waals surface area contributed by atoms with Crippen LogP contribution in [0.25, 0.3) is 0 Å². The lowest BCUT2D eigenvalue weighted by atomic mass is 10.2. The Morgan fingerprint density at radius 1 is 1.46 bits per heavy atom. The lowest BCUT2D eigenvalue weighted by Crippen LogP contribution is -2.29. The molecular formula is C11H21NO. The fourth-order valence-electron chi connectivity index (χ4n) is 1.00. The van der Waals surface area contributed by atoms with Crippen LogP contribution in [-0.4, -0.2) is 29.8 Å². The lowest BCUT2D eigenvalue weighted by molar-refractivity contribution is 0.0375. The third-order valence-electron chi connectivity index (χ3n) is 2.04. The molecule has 0 heterocycles. The van der Waals surface area contributed by atoms with E-state index in [2.05, 4.69) is 12.7 Å². The molecule has 0 aromatic carbocycles. The molecule has 2 heteroatoms. The van der Waals surface area contributed by atoms with Crippen molar-refractivity contribution in [2.45, 2.75) is 32.4 Å². The van der Waals surface area contributed by atoms with Crippen molar-refractivity contribution in [3.05, 3.63) is 24.8 Å². The van der Waals surface area contributed by atoms with Gasteiger partial charge in [-0.25, -0.2) is 0 Å². The first-order chi connectivity index (χ1) is 6.18. The molecule has 0 aliphatic heterocycles. The van der Waals surface area contributed by atoms with Gasteiger partial charge in [0.15, 0.2) is 0 Å². The summed E-state index contributed by atoms with van der Waals surface area (Å²) in [4.78, 5) is 1.94. The van der Waals surface area contributed by atoms with Gasteiger partial charge in [0.1, 0.15) is 6.23 Å². The van der Waals surface area contributed by atoms with Gasteiger partial charge in [-0.2, -0.15) is 0 Å². The summed E-state index contributed by atoms with van der Waals surface area (Å²) in [7, 11) is 1.93. The summed E-state index contributed by atoms with van der Waals surface area (Å²) in [6.07, 6.45) is 8.95. The minimum absolute atomic E-state index is 0.330. The van der Waals surface area contributed by atoms with Crippen molar-refractivity contribution in [1.29, 1.82) is 0 Å². The summed E-state index contributed by atoms with van der Waals surface area (Å²) in [5.74, 6) is 0. The molecule has 2 nitrogen and oxygen atoms in total. The molecule has 0 aliphatic rings. The molecule has 76 valence electrons. The van der Waals surface area contributed by atoms with Gasteiger partial charge in [-0.3, -0.25) is 4.90 Å². The van der Waals surface area contributed by atoms with Gasteiger partial charge in [-0.05, 0) is 33.2 Å². The standard InChI is InChI=1S/C11H21NO/c1-4-5-6-7-8-9-10-12(3)11(2)13/h4-6,11,13H,1,7-10H2,2-3H3/b6-5+. The molecule has 0 saturated heterocycles. The molecule has 0 bridgehead atoms. The molecule has 0 spiro atoms. The number of aliphatic hydroxyl groups is 1. The zero-order valence-corrected chi connectivity index (χ0v) is 8.74. The SMILES string of the molecule is C=C/C=C/CCCCN(C)C(C)O. The highest BCUT2D eigenvalue weighted by Gasteiger charge is 2.02. The number of allylic oxidation sites excluding steroid dienone is 3. The minimum atomic E-state index is -0.330. The second-order valence-electron chi connectivity index (χ2n) is 3.27. The van der Waals surface area contributed by atoms with Crippen LogP contribution in [0.3, 0.4) is 0 Å². The maximum Gasteiger partial charge on any atom is 0.104 e. The van der Waals surface area contributed by atoms with Crippen molar-refractivity contribution >= 4 is 0 Å². The molecule has 0 saturated carbocycles. The lowest BCUT2D eigenvalue weighted by Gasteiger charge is -2.19. The maximum atomic E-state index is 9.16. The molecule has 1 atom stereocenters. The molecule has 13 heavy (non-hydrogen) atoms. The number of hydrogen-bond acceptors (Lipinski definition) is 2. The average molecular weight is 183 g/mol. The smallest absolute Gasteiger partial charge is 0.104 e. The van der Waals surface area contributed by atoms with Gasteiger partial charge in [-0.1, -0.05) is 24.8 Å². The molecule has 1 N–H and O–H groups in total. The van der Waals surface area contributed by atoms with Crippen LogP contribution in [0.5, 0.6) is 0 Å². The molecule has 0 aliphatic carbocycles. The quantitative estimate of drug-likeness (QED) is 0.371. The highest BCUT2D eigenvalue weighted by Crippen LogP contribution is 2.00. The minimum Gasteiger partial charge on any atom is -0.379 e. The van der Waals surface area contributed by atoms with Crippen LogP contribution in [0.2, 0.25) is 0 Å². The summed E-state index contributed by atoms with van der Waals surface area (Å²) in [6, 6.07) is 0. The van der Waals surface area contributed by atoms with Crippen molar-refractivity contribution in [2.75, 3.05) is 13.6 Å². The fraction of sp³-hybridized carbons (Fsp3) is 0.636. The molecule has 0 fully saturated rings. The van der Waals surface area contributed by atoms with E-state index in [0.717, 1.165) is 19.4 Å². The predicted octanol–water partition coefficient (Wildman–Crippen LogP) is 2.17. The molecule has 1 unspecified atom stereocenters. The van der Waals surface area contributed by atoms with E-state index in [1.165, 1.54) is 6.42 Å². The van der Waals surface area contributed by atoms with Crippen molar-refractivity contribution in [1.82, 2.24) is 4.90 Å². The van der Waals surface area contributed by atoms with Gasteiger partial charge in [0.2, 0.25) is 0 Å². The van der Waals surface area contributed by atoms with Crippen LogP contribution in [0.4, 0.5) is 0 Å². The molecular weight excluding hydrogens is 162 g/mol. The Kier molecular flexibility index (Phi) is 7.65. The highest BCUT2D eigenvalue weighted by atomic mass is 16.3. The topological polar surface area (TPSA) is 23.5 Å². The van der Waals surface area contributed by atoms with Crippen molar-refractivity contribution < 1.29 is 5.11 Å². The summed E-state index contributed by atoms with van der Waals surface area (Å²) < 4.78 is 0. The monoisotopic (exact) mass is 183 g/mol. The van der Waals surface area contributed by atoms with E-state index >= 15 is 0 Å². The first kappa shape index (κ1) is 12.4. The first-order valence-corrected chi connectivity index (χ1v) is 4.84. The normalized spacial score (nSPS) is 13.8. The van der Waals surface area contributed by atoms with Crippen LogP contribution >= 0.6 is 0 Å². The third-order valence-corrected chi connectivity index (χ3v) is 2.04. The summed E-state index contributed by atoms with van der Waals surface area (Å²) in [5.41, 5.74) is 0. The molecule has 0 radical (unpaired) electrons. The van der Waals surface area contributed by atoms with Gasteiger partial charge in [0, 0.05) is 6.54 Å². The van der Waals surface area contributed by atoms with E-state index in [4.69, 9.17) is 5.11 Å². The van der Waals surface area contributed by atoms with E-state index in [1.807, 2.05) is 18.0 Å². The second kappa shape index (κ2) is 8.02. The van der Waals surface area contributed by atoms with Crippen LogP contribution in [0.1, 0.15) is 26.2 Å². The summed E-state index contributed by atoms with van der Waals surface area (Å²) >= 11 is 0. The zero-order valence-electron chi connectivity index (χ0n) is 8.74. The molecule has 0 amide bonds. The predicted molar refractivity (Wildman–Crippen MR) is 57.5 cm³/mol. The largest absolute Gasteiger partial charge is 0.379 e. The van der Waals surface area contributed by atoms with Crippen LogP contribution in [0.15, 0.2) is 24.8 Å². The number of hydrogen-bond donors (Lipinski definition) is 1. The Balaban J connectivity index is 3.25. The fourth-order valence-corrected chi connectivity index (χ4v) is 1.00. The number of unbranched alkanes of at least 4 members (excludes halogenated alkanes) is 2. The Hall–Kier alpha value is -0.600. The van der Waals surface area contributed by atoms with Gasteiger partial charge in [-0.15, -0.1) is 0 Å². The van der Waals surface area contributed by atoms with Gasteiger partial charge >= 0.3 is 0 Å². The van der Waals surface area contributed by atoms with E-state index in [0.29, 0.717) is 0 Å². The Bertz CT molecular complexity index is 152. The maximum absolute atomic E-state index is 9.16. The van der Waals surface area contributed by atoms with Crippen molar-refractivity contribution in [2.24, 2.45) is 0 Å². The third kappa shape index (κ3) is 7.75. The summed E-state index contributed by atoms with van der Waals surface area (Å²) in [6.45, 7) is 6.35. The Morgan fingerprint density at radius 2 is 2.15 bits per heavy atom. The van der Waals surface area contributed by atoms with E-state index in [1.54, 1.807) is 13.0 Å². The van der Waals surface area contributed by atoms with E-state index in [-0.39, 0.29) is 6.23 Å². The van der Waals surface area contributed by atoms with Crippen molar-refractivity contribution in [3.8, 4) is 0 Å². The van der Waals surface area contributed by atoms with Crippen LogP contribution in [-0.2, 0) is 0 Å². The van der Waals surface area contributed by atoms with Gasteiger partial charge in [0.25, 0.3) is 0 Å². The number of nitrogens with zero attached hydrogens (tertiary/aromatic N) is 1. The Labute approximate surface area is 81.6 Å². The van der Waals surface area contributed by atoms with E-state index in [9.17, 15) is 0 Å². The van der Waals surface area contributed by atoms with Gasteiger partial charge in [0.05, 0.1) is 0 Å². The number of aliphatic hydroxyl groups excluding tert-OH is 1. The second-order valence-corrected chi connectivity index (χ2v) is 3.27. The zero-order chi connectivity index (χ0) is 10.1. The summed E-state index contributed by atoms with van der Waals surface area (Å²) in [5, 5.41) is 9.16. The first-order valence-electron chi connectivity index (χ1n) is 4.84. The molecule has 0 rings (SSSR count). The van der Waals surface area contributed by atoms with Crippen LogP contribution in [0, 0.1) is 0 Å².